The zero-order valence-electron chi connectivity index (χ0n) is 13.3. The van der Waals surface area contributed by atoms with Crippen LogP contribution in [0.5, 0.6) is 0 Å². The van der Waals surface area contributed by atoms with Crippen LogP contribution >= 0.6 is 0 Å². The molecule has 0 N–H and O–H groups in total. The Kier molecular flexibility index (Phi) is 5.06. The summed E-state index contributed by atoms with van der Waals surface area (Å²) in [6, 6.07) is 12.9. The van der Waals surface area contributed by atoms with E-state index in [1.54, 1.807) is 24.3 Å². The fourth-order valence-corrected chi connectivity index (χ4v) is 2.18. The number of benzene rings is 3. The van der Waals surface area contributed by atoms with Crippen molar-refractivity contribution in [1.82, 2.24) is 0 Å². The van der Waals surface area contributed by atoms with Crippen molar-refractivity contribution in [3.8, 4) is 23.7 Å². The summed E-state index contributed by atoms with van der Waals surface area (Å²) in [6.45, 7) is 0. The van der Waals surface area contributed by atoms with Gasteiger partial charge < -0.3 is 0 Å². The minimum absolute atomic E-state index is 0.236. The van der Waals surface area contributed by atoms with Gasteiger partial charge in [0.25, 0.3) is 0 Å². The van der Waals surface area contributed by atoms with Gasteiger partial charge in [-0.1, -0.05) is 23.7 Å². The Balaban J connectivity index is 1.77. The van der Waals surface area contributed by atoms with E-state index in [0.29, 0.717) is 11.1 Å². The second kappa shape index (κ2) is 7.59. The van der Waals surface area contributed by atoms with Gasteiger partial charge in [-0.05, 0) is 48.5 Å². The zero-order chi connectivity index (χ0) is 18.5. The molecule has 0 saturated heterocycles. The third kappa shape index (κ3) is 4.75. The Morgan fingerprint density at radius 1 is 0.385 bits per heavy atom. The normalized spacial score (nSPS) is 9.69. The molecule has 3 aromatic carbocycles. The minimum atomic E-state index is -0.686. The molecule has 3 rings (SSSR count). The van der Waals surface area contributed by atoms with Crippen LogP contribution in [0.4, 0.5) is 17.6 Å². The van der Waals surface area contributed by atoms with Crippen LogP contribution in [0.15, 0.2) is 60.7 Å². The standard InChI is InChI=1S/C22H10F4/c23-19-9-17(10-20(24)13-19)7-5-15-1-2-16(4-3-15)6-8-18-11-21(25)14-22(26)12-18/h1-4,9-14H. The average molecular weight is 350 g/mol. The van der Waals surface area contributed by atoms with Crippen molar-refractivity contribution in [3.05, 3.63) is 106 Å². The lowest BCUT2D eigenvalue weighted by Crippen LogP contribution is -1.84. The number of hydrogen-bond acceptors (Lipinski definition) is 0. The first-order valence-corrected chi connectivity index (χ1v) is 7.54. The van der Waals surface area contributed by atoms with Crippen LogP contribution in [0.3, 0.4) is 0 Å². The molecule has 0 amide bonds. The van der Waals surface area contributed by atoms with Gasteiger partial charge in [-0.2, -0.15) is 0 Å². The highest BCUT2D eigenvalue weighted by Gasteiger charge is 1.98. The van der Waals surface area contributed by atoms with E-state index in [9.17, 15) is 17.6 Å². The first-order valence-electron chi connectivity index (χ1n) is 7.54. The first kappa shape index (κ1) is 17.3. The van der Waals surface area contributed by atoms with Crippen molar-refractivity contribution >= 4 is 0 Å². The first-order chi connectivity index (χ1) is 12.5. The smallest absolute Gasteiger partial charge is 0.127 e. The maximum Gasteiger partial charge on any atom is 0.127 e. The Morgan fingerprint density at radius 2 is 0.654 bits per heavy atom. The van der Waals surface area contributed by atoms with E-state index in [2.05, 4.69) is 23.7 Å². The molecule has 0 aliphatic carbocycles. The summed E-state index contributed by atoms with van der Waals surface area (Å²) in [4.78, 5) is 0. The summed E-state index contributed by atoms with van der Waals surface area (Å²) >= 11 is 0. The molecule has 0 aromatic heterocycles. The van der Waals surface area contributed by atoms with Gasteiger partial charge >= 0.3 is 0 Å². The molecular formula is C22H10F4. The molecule has 0 unspecified atom stereocenters. The lowest BCUT2D eigenvalue weighted by Gasteiger charge is -1.95. The second-order valence-electron chi connectivity index (χ2n) is 5.39. The third-order valence-corrected chi connectivity index (χ3v) is 3.31. The molecule has 0 atom stereocenters. The predicted molar refractivity (Wildman–Crippen MR) is 91.1 cm³/mol. The van der Waals surface area contributed by atoms with Crippen molar-refractivity contribution in [2.75, 3.05) is 0 Å². The van der Waals surface area contributed by atoms with Crippen molar-refractivity contribution < 1.29 is 17.6 Å². The van der Waals surface area contributed by atoms with Crippen molar-refractivity contribution in [3.63, 3.8) is 0 Å². The summed E-state index contributed by atoms with van der Waals surface area (Å²) in [5, 5.41) is 0. The van der Waals surface area contributed by atoms with Gasteiger partial charge in [0.15, 0.2) is 0 Å². The van der Waals surface area contributed by atoms with E-state index < -0.39 is 23.3 Å². The van der Waals surface area contributed by atoms with Crippen LogP contribution in [0.25, 0.3) is 0 Å². The number of hydrogen-bond donors (Lipinski definition) is 0. The van der Waals surface area contributed by atoms with E-state index in [1.807, 2.05) is 0 Å². The molecule has 126 valence electrons. The molecule has 0 radical (unpaired) electrons. The molecule has 0 aliphatic heterocycles. The van der Waals surface area contributed by atoms with Crippen LogP contribution in [-0.2, 0) is 0 Å². The van der Waals surface area contributed by atoms with Crippen LogP contribution in [0.1, 0.15) is 22.3 Å². The summed E-state index contributed by atoms with van der Waals surface area (Å²) in [7, 11) is 0. The monoisotopic (exact) mass is 350 g/mol. The molecule has 0 saturated carbocycles. The topological polar surface area (TPSA) is 0 Å². The number of halogens is 4. The highest BCUT2D eigenvalue weighted by Crippen LogP contribution is 2.09. The lowest BCUT2D eigenvalue weighted by atomic mass is 10.1. The second-order valence-corrected chi connectivity index (χ2v) is 5.39. The van der Waals surface area contributed by atoms with Crippen LogP contribution < -0.4 is 0 Å². The van der Waals surface area contributed by atoms with E-state index in [0.717, 1.165) is 36.4 Å². The van der Waals surface area contributed by atoms with E-state index in [-0.39, 0.29) is 11.1 Å². The highest BCUT2D eigenvalue weighted by molar-refractivity contribution is 5.48. The summed E-state index contributed by atoms with van der Waals surface area (Å²) < 4.78 is 52.4. The number of rotatable bonds is 0. The van der Waals surface area contributed by atoms with E-state index in [1.165, 1.54) is 0 Å². The molecule has 4 heteroatoms. The highest BCUT2D eigenvalue weighted by atomic mass is 19.1. The quantitative estimate of drug-likeness (QED) is 0.393. The maximum atomic E-state index is 13.1. The van der Waals surface area contributed by atoms with Gasteiger partial charge in [-0.3, -0.25) is 0 Å². The Labute approximate surface area is 148 Å². The lowest BCUT2D eigenvalue weighted by molar-refractivity contribution is 0.582. The summed E-state index contributed by atoms with van der Waals surface area (Å²) in [5.41, 5.74) is 1.74. The molecule has 0 spiro atoms. The Morgan fingerprint density at radius 3 is 0.962 bits per heavy atom. The largest absolute Gasteiger partial charge is 0.207 e. The van der Waals surface area contributed by atoms with Gasteiger partial charge in [0.2, 0.25) is 0 Å². The third-order valence-electron chi connectivity index (χ3n) is 3.31. The van der Waals surface area contributed by atoms with Crippen molar-refractivity contribution in [2.24, 2.45) is 0 Å². The summed E-state index contributed by atoms with van der Waals surface area (Å²) in [6.07, 6.45) is 0. The van der Waals surface area contributed by atoms with Crippen molar-refractivity contribution in [2.45, 2.75) is 0 Å². The van der Waals surface area contributed by atoms with E-state index >= 15 is 0 Å². The molecule has 0 fully saturated rings. The van der Waals surface area contributed by atoms with E-state index in [4.69, 9.17) is 0 Å². The maximum absolute atomic E-state index is 13.1. The Hall–Kier alpha value is -3.50. The van der Waals surface area contributed by atoms with Gasteiger partial charge in [0.1, 0.15) is 23.3 Å². The molecule has 0 aliphatic rings. The molecular weight excluding hydrogens is 340 g/mol. The minimum Gasteiger partial charge on any atom is -0.207 e. The summed E-state index contributed by atoms with van der Waals surface area (Å²) in [5.74, 6) is 8.22. The van der Waals surface area contributed by atoms with Gasteiger partial charge in [-0.25, -0.2) is 17.6 Å². The van der Waals surface area contributed by atoms with Crippen LogP contribution in [0.2, 0.25) is 0 Å². The molecule has 0 nitrogen and oxygen atoms in total. The molecule has 26 heavy (non-hydrogen) atoms. The molecule has 3 aromatic rings. The molecule has 0 bridgehead atoms. The van der Waals surface area contributed by atoms with Crippen molar-refractivity contribution in [1.29, 1.82) is 0 Å². The zero-order valence-corrected chi connectivity index (χ0v) is 13.3. The van der Waals surface area contributed by atoms with Gasteiger partial charge in [0.05, 0.1) is 0 Å². The van der Waals surface area contributed by atoms with Gasteiger partial charge in [-0.15, -0.1) is 0 Å². The predicted octanol–water partition coefficient (Wildman–Crippen LogP) is 5.04. The SMILES string of the molecule is Fc1cc(F)cc(C#Cc2ccc(C#Cc3cc(F)cc(F)c3)cc2)c1. The van der Waals surface area contributed by atoms with Gasteiger partial charge in [0, 0.05) is 34.4 Å². The Bertz CT molecular complexity index is 946. The fourth-order valence-electron chi connectivity index (χ4n) is 2.18. The molecule has 0 heterocycles. The van der Waals surface area contributed by atoms with Crippen LogP contribution in [-0.4, -0.2) is 0 Å². The fraction of sp³-hybridized carbons (Fsp3) is 0. The average Bonchev–Trinajstić information content (AvgIpc) is 2.57. The van der Waals surface area contributed by atoms with Crippen LogP contribution in [0, 0.1) is 47.0 Å².